The molecule has 3 aromatic rings. The number of halogens is 2. The van der Waals surface area contributed by atoms with Gasteiger partial charge in [0.25, 0.3) is 5.56 Å². The Bertz CT molecular complexity index is 1230. The highest BCUT2D eigenvalue weighted by Crippen LogP contribution is 2.31. The summed E-state index contributed by atoms with van der Waals surface area (Å²) < 4.78 is 29.4. The molecule has 6 heteroatoms. The van der Waals surface area contributed by atoms with Crippen LogP contribution in [0, 0.1) is 18.6 Å². The van der Waals surface area contributed by atoms with Crippen molar-refractivity contribution >= 4 is 11.1 Å². The smallest absolute Gasteiger partial charge is 0.271 e. The Hall–Kier alpha value is -3.54. The summed E-state index contributed by atoms with van der Waals surface area (Å²) in [6.45, 7) is 10.1. The number of allylic oxidation sites excluding steroid dienone is 2. The lowest BCUT2D eigenvalue weighted by atomic mass is 9.96. The Balaban J connectivity index is 2.19. The van der Waals surface area contributed by atoms with Crippen molar-refractivity contribution in [2.45, 2.75) is 33.2 Å². The maximum atomic E-state index is 14.6. The predicted octanol–water partition coefficient (Wildman–Crippen LogP) is 5.60. The van der Waals surface area contributed by atoms with Gasteiger partial charge in [-0.2, -0.15) is 9.78 Å². The quantitative estimate of drug-likeness (QED) is 0.453. The predicted molar refractivity (Wildman–Crippen MR) is 125 cm³/mol. The number of para-hydroxylation sites is 1. The van der Waals surface area contributed by atoms with Gasteiger partial charge in [-0.1, -0.05) is 31.7 Å². The number of hydrogen-bond donors (Lipinski definition) is 0. The molecule has 0 aliphatic rings. The van der Waals surface area contributed by atoms with Crippen LogP contribution in [-0.4, -0.2) is 27.8 Å². The number of aryl methyl sites for hydroxylation is 1. The SMILES string of the molecule is C=C(/C(=C\N(C)[C@H](C)CC)c1ccc(=O)n(-c2ccccc2C)n1)c1ccc(F)cc1F. The molecule has 1 atom stereocenters. The lowest BCUT2D eigenvalue weighted by Crippen LogP contribution is -2.24. The van der Waals surface area contributed by atoms with Gasteiger partial charge in [0.2, 0.25) is 0 Å². The first-order chi connectivity index (χ1) is 15.2. The number of aromatic nitrogens is 2. The molecule has 0 bridgehead atoms. The van der Waals surface area contributed by atoms with Gasteiger partial charge in [0.05, 0.1) is 11.4 Å². The third-order valence-corrected chi connectivity index (χ3v) is 5.62. The summed E-state index contributed by atoms with van der Waals surface area (Å²) in [5.41, 5.74) is 2.79. The Morgan fingerprint density at radius 2 is 1.91 bits per heavy atom. The zero-order valence-electron chi connectivity index (χ0n) is 18.8. The van der Waals surface area contributed by atoms with E-state index in [4.69, 9.17) is 0 Å². The van der Waals surface area contributed by atoms with Crippen LogP contribution in [0.2, 0.25) is 0 Å². The Morgan fingerprint density at radius 1 is 1.19 bits per heavy atom. The second-order valence-corrected chi connectivity index (χ2v) is 7.82. The monoisotopic (exact) mass is 435 g/mol. The van der Waals surface area contributed by atoms with Crippen molar-refractivity contribution < 1.29 is 8.78 Å². The molecule has 2 aromatic carbocycles. The molecule has 0 radical (unpaired) electrons. The van der Waals surface area contributed by atoms with E-state index in [1.807, 2.05) is 49.3 Å². The van der Waals surface area contributed by atoms with Gasteiger partial charge >= 0.3 is 0 Å². The van der Waals surface area contributed by atoms with Gasteiger partial charge in [-0.15, -0.1) is 0 Å². The fourth-order valence-corrected chi connectivity index (χ4v) is 3.33. The summed E-state index contributed by atoms with van der Waals surface area (Å²) in [4.78, 5) is 14.6. The van der Waals surface area contributed by atoms with Crippen LogP contribution >= 0.6 is 0 Å². The van der Waals surface area contributed by atoms with E-state index in [2.05, 4.69) is 25.5 Å². The van der Waals surface area contributed by atoms with Crippen molar-refractivity contribution in [3.05, 3.63) is 106 Å². The molecule has 3 rings (SSSR count). The van der Waals surface area contributed by atoms with Gasteiger partial charge in [-0.05, 0) is 55.7 Å². The van der Waals surface area contributed by atoms with Gasteiger partial charge < -0.3 is 4.90 Å². The molecule has 0 aliphatic heterocycles. The average molecular weight is 436 g/mol. The van der Waals surface area contributed by atoms with Crippen LogP contribution in [0.5, 0.6) is 0 Å². The van der Waals surface area contributed by atoms with Gasteiger partial charge in [0.1, 0.15) is 11.6 Å². The molecule has 0 amide bonds. The van der Waals surface area contributed by atoms with Crippen molar-refractivity contribution in [3.8, 4) is 5.69 Å². The normalized spacial score (nSPS) is 12.5. The number of hydrogen-bond acceptors (Lipinski definition) is 3. The third kappa shape index (κ3) is 4.85. The van der Waals surface area contributed by atoms with Crippen LogP contribution in [0.25, 0.3) is 16.8 Å². The molecule has 4 nitrogen and oxygen atoms in total. The summed E-state index contributed by atoms with van der Waals surface area (Å²) in [6, 6.07) is 14.1. The topological polar surface area (TPSA) is 38.1 Å². The highest BCUT2D eigenvalue weighted by atomic mass is 19.1. The summed E-state index contributed by atoms with van der Waals surface area (Å²) in [5.74, 6) is -1.37. The molecular weight excluding hydrogens is 408 g/mol. The highest BCUT2D eigenvalue weighted by molar-refractivity contribution is 6.03. The van der Waals surface area contributed by atoms with E-state index < -0.39 is 11.6 Å². The second kappa shape index (κ2) is 9.73. The summed E-state index contributed by atoms with van der Waals surface area (Å²) in [6.07, 6.45) is 2.74. The Labute approximate surface area is 187 Å². The van der Waals surface area contributed by atoms with Crippen molar-refractivity contribution in [2.75, 3.05) is 7.05 Å². The molecule has 0 unspecified atom stereocenters. The van der Waals surface area contributed by atoms with Crippen molar-refractivity contribution in [3.63, 3.8) is 0 Å². The van der Waals surface area contributed by atoms with Gasteiger partial charge in [0.15, 0.2) is 0 Å². The van der Waals surface area contributed by atoms with Crippen LogP contribution in [0.3, 0.4) is 0 Å². The molecule has 166 valence electrons. The fourth-order valence-electron chi connectivity index (χ4n) is 3.33. The van der Waals surface area contributed by atoms with Crippen LogP contribution in [0.15, 0.2) is 72.2 Å². The lowest BCUT2D eigenvalue weighted by Gasteiger charge is -2.24. The zero-order valence-corrected chi connectivity index (χ0v) is 18.8. The van der Waals surface area contributed by atoms with Gasteiger partial charge in [-0.3, -0.25) is 4.79 Å². The minimum atomic E-state index is -0.709. The van der Waals surface area contributed by atoms with E-state index in [-0.39, 0.29) is 17.2 Å². The van der Waals surface area contributed by atoms with Crippen molar-refractivity contribution in [2.24, 2.45) is 0 Å². The number of rotatable bonds is 7. The summed E-state index contributed by atoms with van der Waals surface area (Å²) >= 11 is 0. The molecule has 0 saturated heterocycles. The van der Waals surface area contributed by atoms with E-state index in [0.717, 1.165) is 18.1 Å². The molecule has 0 N–H and O–H groups in total. The average Bonchev–Trinajstić information content (AvgIpc) is 2.77. The minimum absolute atomic E-state index is 0.172. The first kappa shape index (κ1) is 23.1. The van der Waals surface area contributed by atoms with Crippen LogP contribution in [-0.2, 0) is 0 Å². The maximum absolute atomic E-state index is 14.6. The summed E-state index contributed by atoms with van der Waals surface area (Å²) in [5, 5.41) is 4.59. The standard InChI is InChI=1S/C26H27F2N3O/c1-6-18(3)30(5)16-22(19(4)21-12-11-20(27)15-23(21)28)24-13-14-26(32)31(29-24)25-10-8-7-9-17(25)2/h7-16,18H,4,6H2,1-3,5H3/b22-16+/t18-/m1/s1. The molecule has 1 aromatic heterocycles. The Kier molecular flexibility index (Phi) is 7.03. The number of nitrogens with zero attached hydrogens (tertiary/aromatic N) is 3. The number of benzene rings is 2. The van der Waals surface area contributed by atoms with Crippen LogP contribution in [0.1, 0.15) is 37.1 Å². The molecule has 0 aliphatic carbocycles. The lowest BCUT2D eigenvalue weighted by molar-refractivity contribution is 0.344. The van der Waals surface area contributed by atoms with E-state index in [1.54, 1.807) is 6.07 Å². The highest BCUT2D eigenvalue weighted by Gasteiger charge is 2.18. The molecule has 0 saturated carbocycles. The molecular formula is C26H27F2N3O. The van der Waals surface area contributed by atoms with Crippen LogP contribution in [0.4, 0.5) is 8.78 Å². The van der Waals surface area contributed by atoms with E-state index >= 15 is 0 Å². The van der Waals surface area contributed by atoms with E-state index in [9.17, 15) is 13.6 Å². The van der Waals surface area contributed by atoms with E-state index in [0.29, 0.717) is 22.5 Å². The Morgan fingerprint density at radius 3 is 2.56 bits per heavy atom. The van der Waals surface area contributed by atoms with Gasteiger partial charge in [0, 0.05) is 42.6 Å². The minimum Gasteiger partial charge on any atom is -0.377 e. The van der Waals surface area contributed by atoms with Gasteiger partial charge in [-0.25, -0.2) is 8.78 Å². The zero-order chi connectivity index (χ0) is 23.4. The maximum Gasteiger partial charge on any atom is 0.271 e. The first-order valence-corrected chi connectivity index (χ1v) is 10.5. The molecule has 32 heavy (non-hydrogen) atoms. The molecule has 1 heterocycles. The van der Waals surface area contributed by atoms with Crippen molar-refractivity contribution in [1.82, 2.24) is 14.7 Å². The summed E-state index contributed by atoms with van der Waals surface area (Å²) in [7, 11) is 1.92. The van der Waals surface area contributed by atoms with E-state index in [1.165, 1.54) is 22.9 Å². The second-order valence-electron chi connectivity index (χ2n) is 7.82. The molecule has 0 fully saturated rings. The first-order valence-electron chi connectivity index (χ1n) is 10.5. The van der Waals surface area contributed by atoms with Crippen molar-refractivity contribution in [1.29, 1.82) is 0 Å². The molecule has 0 spiro atoms. The van der Waals surface area contributed by atoms with Crippen LogP contribution < -0.4 is 5.56 Å². The largest absolute Gasteiger partial charge is 0.377 e. The third-order valence-electron chi connectivity index (χ3n) is 5.62. The fraction of sp³-hybridized carbons (Fsp3) is 0.231.